The van der Waals surface area contributed by atoms with Crippen LogP contribution in [-0.4, -0.2) is 12.0 Å². The number of hydrogen-bond donors (Lipinski definition) is 2. The fourth-order valence-corrected chi connectivity index (χ4v) is 1.32. The lowest BCUT2D eigenvalue weighted by atomic mass is 10.2. The van der Waals surface area contributed by atoms with Gasteiger partial charge >= 0.3 is 6.18 Å². The highest BCUT2D eigenvalue weighted by atomic mass is 19.4. The Labute approximate surface area is 96.5 Å². The van der Waals surface area contributed by atoms with Crippen LogP contribution in [0.15, 0.2) is 29.3 Å². The Kier molecular flexibility index (Phi) is 2.95. The molecule has 3 nitrogen and oxygen atoms in total. The molecule has 0 atom stereocenters. The van der Waals surface area contributed by atoms with Crippen LogP contribution in [0.2, 0.25) is 0 Å². The molecule has 1 aliphatic rings. The van der Waals surface area contributed by atoms with Crippen LogP contribution in [0.5, 0.6) is 0 Å². The third-order valence-electron chi connectivity index (χ3n) is 2.35. The minimum atomic E-state index is -4.31. The summed E-state index contributed by atoms with van der Waals surface area (Å²) in [6.45, 7) is 0. The van der Waals surface area contributed by atoms with Crippen LogP contribution in [0.4, 0.5) is 18.9 Å². The monoisotopic (exact) mass is 243 g/mol. The number of anilines is 1. The molecule has 92 valence electrons. The van der Waals surface area contributed by atoms with Gasteiger partial charge in [0.1, 0.15) is 0 Å². The lowest BCUT2D eigenvalue weighted by Gasteiger charge is -2.08. The summed E-state index contributed by atoms with van der Waals surface area (Å²) >= 11 is 0. The Morgan fingerprint density at radius 1 is 1.24 bits per heavy atom. The number of guanidine groups is 1. The molecule has 2 rings (SSSR count). The van der Waals surface area contributed by atoms with Crippen LogP contribution in [-0.2, 0) is 6.18 Å². The van der Waals surface area contributed by atoms with Gasteiger partial charge in [-0.25, -0.2) is 4.99 Å². The van der Waals surface area contributed by atoms with Gasteiger partial charge in [-0.05, 0) is 37.1 Å². The third-order valence-corrected chi connectivity index (χ3v) is 2.35. The number of nitrogens with two attached hydrogens (primary N) is 1. The summed E-state index contributed by atoms with van der Waals surface area (Å²) in [5.41, 5.74) is 5.41. The number of hydrogen-bond acceptors (Lipinski definition) is 1. The summed E-state index contributed by atoms with van der Waals surface area (Å²) < 4.78 is 36.9. The van der Waals surface area contributed by atoms with Gasteiger partial charge in [0.2, 0.25) is 0 Å². The van der Waals surface area contributed by atoms with E-state index < -0.39 is 11.7 Å². The van der Waals surface area contributed by atoms with Crippen LogP contribution in [0.25, 0.3) is 0 Å². The molecule has 1 aromatic rings. The smallest absolute Gasteiger partial charge is 0.370 e. The highest BCUT2D eigenvalue weighted by Gasteiger charge is 2.29. The van der Waals surface area contributed by atoms with Crippen LogP contribution >= 0.6 is 0 Å². The van der Waals surface area contributed by atoms with Crippen molar-refractivity contribution >= 4 is 11.6 Å². The van der Waals surface area contributed by atoms with Gasteiger partial charge in [0.25, 0.3) is 0 Å². The van der Waals surface area contributed by atoms with Crippen molar-refractivity contribution in [1.82, 2.24) is 0 Å². The average molecular weight is 243 g/mol. The molecule has 6 heteroatoms. The van der Waals surface area contributed by atoms with Crippen molar-refractivity contribution in [2.24, 2.45) is 10.7 Å². The second kappa shape index (κ2) is 4.27. The summed E-state index contributed by atoms with van der Waals surface area (Å²) in [5.74, 6) is 0.243. The van der Waals surface area contributed by atoms with E-state index in [1.54, 1.807) is 0 Å². The fraction of sp³-hybridized carbons (Fsp3) is 0.364. The zero-order chi connectivity index (χ0) is 12.5. The molecule has 1 saturated carbocycles. The molecule has 0 radical (unpaired) electrons. The van der Waals surface area contributed by atoms with Gasteiger partial charge in [-0.1, -0.05) is 0 Å². The van der Waals surface area contributed by atoms with E-state index in [0.29, 0.717) is 5.69 Å². The van der Waals surface area contributed by atoms with Crippen molar-refractivity contribution in [2.45, 2.75) is 25.1 Å². The summed E-state index contributed by atoms with van der Waals surface area (Å²) in [4.78, 5) is 4.12. The second-order valence-corrected chi connectivity index (χ2v) is 3.95. The number of alkyl halides is 3. The number of aliphatic imine (C=N–C) groups is 1. The quantitative estimate of drug-likeness (QED) is 0.619. The topological polar surface area (TPSA) is 50.4 Å². The van der Waals surface area contributed by atoms with E-state index in [-0.39, 0.29) is 12.0 Å². The number of rotatable bonds is 2. The van der Waals surface area contributed by atoms with Gasteiger partial charge in [-0.3, -0.25) is 0 Å². The predicted molar refractivity (Wildman–Crippen MR) is 59.7 cm³/mol. The molecule has 0 unspecified atom stereocenters. The number of nitrogens with zero attached hydrogens (tertiary/aromatic N) is 1. The molecule has 0 amide bonds. The highest BCUT2D eigenvalue weighted by Crippen LogP contribution is 2.29. The van der Waals surface area contributed by atoms with Crippen molar-refractivity contribution in [3.63, 3.8) is 0 Å². The molecular formula is C11H12F3N3. The Bertz CT molecular complexity index is 419. The summed E-state index contributed by atoms with van der Waals surface area (Å²) in [6, 6.07) is 4.95. The van der Waals surface area contributed by atoms with Crippen LogP contribution in [0.1, 0.15) is 18.4 Å². The van der Waals surface area contributed by atoms with Crippen molar-refractivity contribution in [3.05, 3.63) is 29.8 Å². The molecule has 17 heavy (non-hydrogen) atoms. The molecule has 1 aromatic carbocycles. The van der Waals surface area contributed by atoms with E-state index in [1.807, 2.05) is 0 Å². The van der Waals surface area contributed by atoms with Gasteiger partial charge in [0.05, 0.1) is 11.6 Å². The maximum atomic E-state index is 12.3. The van der Waals surface area contributed by atoms with Gasteiger partial charge in [0.15, 0.2) is 5.96 Å². The molecular weight excluding hydrogens is 231 g/mol. The average Bonchev–Trinajstić information content (AvgIpc) is 3.01. The third kappa shape index (κ3) is 3.37. The van der Waals surface area contributed by atoms with Crippen LogP contribution < -0.4 is 11.1 Å². The first-order valence-corrected chi connectivity index (χ1v) is 5.23. The Morgan fingerprint density at radius 2 is 1.82 bits per heavy atom. The first kappa shape index (κ1) is 11.8. The van der Waals surface area contributed by atoms with E-state index >= 15 is 0 Å². The number of nitrogens with one attached hydrogen (secondary N) is 1. The first-order chi connectivity index (χ1) is 7.95. The van der Waals surface area contributed by atoms with E-state index in [2.05, 4.69) is 10.3 Å². The Hall–Kier alpha value is -1.72. The lowest BCUT2D eigenvalue weighted by Crippen LogP contribution is -2.23. The highest BCUT2D eigenvalue weighted by molar-refractivity contribution is 5.92. The molecule has 1 aliphatic carbocycles. The predicted octanol–water partition coefficient (Wildman–Crippen LogP) is 2.59. The van der Waals surface area contributed by atoms with Crippen molar-refractivity contribution < 1.29 is 13.2 Å². The van der Waals surface area contributed by atoms with Crippen molar-refractivity contribution in [2.75, 3.05) is 5.32 Å². The van der Waals surface area contributed by atoms with E-state index in [0.717, 1.165) is 25.0 Å². The molecule has 3 N–H and O–H groups in total. The largest absolute Gasteiger partial charge is 0.416 e. The molecule has 0 spiro atoms. The van der Waals surface area contributed by atoms with Gasteiger partial charge < -0.3 is 11.1 Å². The SMILES string of the molecule is NC(=NC1CC1)Nc1ccc(C(F)(F)F)cc1. The summed E-state index contributed by atoms with van der Waals surface area (Å²) in [7, 11) is 0. The molecule has 0 aromatic heterocycles. The summed E-state index contributed by atoms with van der Waals surface area (Å²) in [6.07, 6.45) is -2.27. The molecule has 0 saturated heterocycles. The molecule has 0 aliphatic heterocycles. The number of halogens is 3. The molecule has 0 bridgehead atoms. The maximum Gasteiger partial charge on any atom is 0.416 e. The fourth-order valence-electron chi connectivity index (χ4n) is 1.32. The van der Waals surface area contributed by atoms with E-state index in [4.69, 9.17) is 5.73 Å². The zero-order valence-corrected chi connectivity index (χ0v) is 8.96. The molecule has 1 fully saturated rings. The minimum Gasteiger partial charge on any atom is -0.370 e. The normalized spacial score (nSPS) is 17.0. The van der Waals surface area contributed by atoms with E-state index in [1.165, 1.54) is 12.1 Å². The van der Waals surface area contributed by atoms with Crippen molar-refractivity contribution in [1.29, 1.82) is 0 Å². The lowest BCUT2D eigenvalue weighted by molar-refractivity contribution is -0.137. The zero-order valence-electron chi connectivity index (χ0n) is 8.96. The van der Waals surface area contributed by atoms with E-state index in [9.17, 15) is 13.2 Å². The Balaban J connectivity index is 2.02. The van der Waals surface area contributed by atoms with Crippen LogP contribution in [0.3, 0.4) is 0 Å². The minimum absolute atomic E-state index is 0.243. The van der Waals surface area contributed by atoms with Gasteiger partial charge in [-0.2, -0.15) is 13.2 Å². The first-order valence-electron chi connectivity index (χ1n) is 5.23. The standard InChI is InChI=1S/C11H12F3N3/c12-11(13,14)7-1-3-8(4-2-7)16-10(15)17-9-5-6-9/h1-4,9H,5-6H2,(H3,15,16,17). The van der Waals surface area contributed by atoms with Crippen molar-refractivity contribution in [3.8, 4) is 0 Å². The van der Waals surface area contributed by atoms with Gasteiger partial charge in [0, 0.05) is 5.69 Å². The maximum absolute atomic E-state index is 12.3. The Morgan fingerprint density at radius 3 is 2.29 bits per heavy atom. The molecule has 0 heterocycles. The van der Waals surface area contributed by atoms with Crippen LogP contribution in [0, 0.1) is 0 Å². The van der Waals surface area contributed by atoms with Gasteiger partial charge in [-0.15, -0.1) is 0 Å². The second-order valence-electron chi connectivity index (χ2n) is 3.95. The number of benzene rings is 1. The summed E-state index contributed by atoms with van der Waals surface area (Å²) in [5, 5.41) is 2.75.